The van der Waals surface area contributed by atoms with Crippen LogP contribution in [0.2, 0.25) is 10.0 Å². The second-order valence-corrected chi connectivity index (χ2v) is 8.85. The Morgan fingerprint density at radius 1 is 1.10 bits per heavy atom. The number of carbonyl (C=O) groups is 3. The highest BCUT2D eigenvalue weighted by atomic mass is 35.5. The first kappa shape index (κ1) is 25.4. The van der Waals surface area contributed by atoms with Gasteiger partial charge in [-0.1, -0.05) is 23.2 Å². The molecule has 0 radical (unpaired) electrons. The van der Waals surface area contributed by atoms with Crippen LogP contribution in [0, 0.1) is 0 Å². The van der Waals surface area contributed by atoms with Gasteiger partial charge in [-0.25, -0.2) is 0 Å². The summed E-state index contributed by atoms with van der Waals surface area (Å²) < 4.78 is 0. The van der Waals surface area contributed by atoms with Gasteiger partial charge in [0.05, 0.1) is 5.54 Å². The lowest BCUT2D eigenvalue weighted by molar-refractivity contribution is -0.133. The van der Waals surface area contributed by atoms with Crippen molar-refractivity contribution < 1.29 is 14.4 Å². The van der Waals surface area contributed by atoms with Crippen molar-refractivity contribution in [1.29, 1.82) is 0 Å². The van der Waals surface area contributed by atoms with E-state index in [2.05, 4.69) is 15.5 Å². The number of halogens is 2. The fraction of sp³-hybridized carbons (Fsp3) is 0.571. The van der Waals surface area contributed by atoms with Crippen LogP contribution in [0.15, 0.2) is 18.2 Å². The molecule has 1 aromatic carbocycles. The number of amides is 3. The van der Waals surface area contributed by atoms with E-state index in [-0.39, 0.29) is 12.3 Å². The number of likely N-dealkylation sites (N-methyl/N-ethyl adjacent to an activating group) is 1. The van der Waals surface area contributed by atoms with Crippen molar-refractivity contribution in [2.45, 2.75) is 24.8 Å². The molecule has 10 heteroatoms. The van der Waals surface area contributed by atoms with Crippen LogP contribution in [0.4, 0.5) is 5.69 Å². The maximum absolute atomic E-state index is 12.9. The monoisotopic (exact) mass is 471 g/mol. The Labute approximate surface area is 193 Å². The first-order valence-corrected chi connectivity index (χ1v) is 11.0. The van der Waals surface area contributed by atoms with Crippen LogP contribution in [0.5, 0.6) is 0 Å². The number of hydrogen-bond donors (Lipinski definition) is 2. The molecular weight excluding hydrogens is 441 g/mol. The summed E-state index contributed by atoms with van der Waals surface area (Å²) in [5.41, 5.74) is -0.0479. The van der Waals surface area contributed by atoms with Crippen LogP contribution in [0.1, 0.15) is 19.3 Å². The molecule has 1 aliphatic rings. The van der Waals surface area contributed by atoms with E-state index in [1.54, 1.807) is 13.1 Å². The predicted molar refractivity (Wildman–Crippen MR) is 124 cm³/mol. The van der Waals surface area contributed by atoms with Gasteiger partial charge in [-0.05, 0) is 58.7 Å². The number of carbonyl (C=O) groups excluding carboxylic acids is 3. The summed E-state index contributed by atoms with van der Waals surface area (Å²) in [4.78, 5) is 42.2. The lowest BCUT2D eigenvalue weighted by atomic mass is 9.88. The largest absolute Gasteiger partial charge is 0.368 e. The van der Waals surface area contributed by atoms with E-state index in [0.29, 0.717) is 62.0 Å². The van der Waals surface area contributed by atoms with Crippen molar-refractivity contribution in [3.8, 4) is 0 Å². The van der Waals surface area contributed by atoms with Gasteiger partial charge >= 0.3 is 0 Å². The van der Waals surface area contributed by atoms with E-state index in [1.807, 2.05) is 36.0 Å². The highest BCUT2D eigenvalue weighted by molar-refractivity contribution is 6.35. The molecule has 1 fully saturated rings. The molecule has 2 rings (SSSR count). The average Bonchev–Trinajstić information content (AvgIpc) is 2.73. The quantitative estimate of drug-likeness (QED) is 0.504. The Hall–Kier alpha value is -1.87. The molecule has 0 saturated carbocycles. The smallest absolute Gasteiger partial charge is 0.246 e. The summed E-state index contributed by atoms with van der Waals surface area (Å²) >= 11 is 12.2. The zero-order valence-corrected chi connectivity index (χ0v) is 19.8. The average molecular weight is 472 g/mol. The van der Waals surface area contributed by atoms with E-state index in [4.69, 9.17) is 23.2 Å². The Morgan fingerprint density at radius 3 is 2.23 bits per heavy atom. The topological polar surface area (TPSA) is 85.0 Å². The Kier molecular flexibility index (Phi) is 9.55. The number of piperazine rings is 1. The van der Waals surface area contributed by atoms with Gasteiger partial charge in [-0.3, -0.25) is 19.7 Å². The molecule has 1 atom stereocenters. The van der Waals surface area contributed by atoms with Crippen LogP contribution >= 0.6 is 23.2 Å². The fourth-order valence-corrected chi connectivity index (χ4v) is 4.25. The normalized spacial score (nSPS) is 16.2. The third-order valence-electron chi connectivity index (χ3n) is 5.70. The molecule has 1 unspecified atom stereocenters. The third-order valence-corrected chi connectivity index (χ3v) is 6.14. The Morgan fingerprint density at radius 2 is 1.71 bits per heavy atom. The zero-order valence-electron chi connectivity index (χ0n) is 18.3. The number of nitrogens with zero attached hydrogens (tertiary/aromatic N) is 3. The van der Waals surface area contributed by atoms with Gasteiger partial charge in [-0.15, -0.1) is 0 Å². The summed E-state index contributed by atoms with van der Waals surface area (Å²) in [5, 5.41) is 6.45. The molecule has 0 spiro atoms. The van der Waals surface area contributed by atoms with Crippen molar-refractivity contribution >= 4 is 47.1 Å². The molecule has 1 saturated heterocycles. The molecule has 1 aromatic rings. The van der Waals surface area contributed by atoms with Crippen LogP contribution in [0.3, 0.4) is 0 Å². The van der Waals surface area contributed by atoms with Gasteiger partial charge in [0.2, 0.25) is 18.2 Å². The van der Waals surface area contributed by atoms with Crippen molar-refractivity contribution in [3.05, 3.63) is 28.2 Å². The van der Waals surface area contributed by atoms with Crippen LogP contribution in [-0.4, -0.2) is 87.4 Å². The van der Waals surface area contributed by atoms with E-state index in [1.165, 1.54) is 0 Å². The van der Waals surface area contributed by atoms with Crippen molar-refractivity contribution in [2.24, 2.45) is 0 Å². The van der Waals surface area contributed by atoms with E-state index in [0.717, 1.165) is 5.69 Å². The number of imide groups is 1. The summed E-state index contributed by atoms with van der Waals surface area (Å²) in [6.45, 7) is 3.14. The predicted octanol–water partition coefficient (Wildman–Crippen LogP) is 1.60. The van der Waals surface area contributed by atoms with Gasteiger partial charge < -0.3 is 20.0 Å². The van der Waals surface area contributed by atoms with E-state index < -0.39 is 11.4 Å². The molecule has 0 aromatic heterocycles. The van der Waals surface area contributed by atoms with Gasteiger partial charge in [0.15, 0.2) is 0 Å². The summed E-state index contributed by atoms with van der Waals surface area (Å²) in [7, 11) is 5.50. The van der Waals surface area contributed by atoms with Gasteiger partial charge in [0, 0.05) is 48.3 Å². The SMILES string of the molecule is CNC(CCC(=O)N1CCN(c2cc(Cl)cc(Cl)c2)CC1)(CCN(C)C)C(=O)NC=O. The molecular formula is C21H31Cl2N5O3. The molecule has 2 N–H and O–H groups in total. The molecule has 1 heterocycles. The summed E-state index contributed by atoms with van der Waals surface area (Å²) in [6, 6.07) is 5.42. The standard InChI is InChI=1S/C21H31Cl2N5O3/c1-24-21(6-7-26(2)3,20(31)25-15-29)5-4-19(30)28-10-8-27(9-11-28)18-13-16(22)12-17(23)14-18/h12-15,24H,4-11H2,1-3H3,(H,25,29,31). The molecule has 0 aliphatic carbocycles. The van der Waals surface area contributed by atoms with Crippen molar-refractivity contribution in [3.63, 3.8) is 0 Å². The van der Waals surface area contributed by atoms with Gasteiger partial charge in [0.1, 0.15) is 0 Å². The Balaban J connectivity index is 1.96. The molecule has 31 heavy (non-hydrogen) atoms. The van der Waals surface area contributed by atoms with Crippen LogP contribution < -0.4 is 15.5 Å². The highest BCUT2D eigenvalue weighted by Gasteiger charge is 2.37. The molecule has 1 aliphatic heterocycles. The second kappa shape index (κ2) is 11.7. The summed E-state index contributed by atoms with van der Waals surface area (Å²) in [5.74, 6) is -0.422. The molecule has 8 nitrogen and oxygen atoms in total. The van der Waals surface area contributed by atoms with Crippen LogP contribution in [-0.2, 0) is 14.4 Å². The van der Waals surface area contributed by atoms with Gasteiger partial charge in [-0.2, -0.15) is 0 Å². The maximum atomic E-state index is 12.9. The number of benzene rings is 1. The minimum Gasteiger partial charge on any atom is -0.368 e. The lowest BCUT2D eigenvalue weighted by Crippen LogP contribution is -2.57. The third kappa shape index (κ3) is 7.07. The highest BCUT2D eigenvalue weighted by Crippen LogP contribution is 2.26. The lowest BCUT2D eigenvalue weighted by Gasteiger charge is -2.37. The molecule has 0 bridgehead atoms. The van der Waals surface area contributed by atoms with Crippen molar-refractivity contribution in [1.82, 2.24) is 20.4 Å². The van der Waals surface area contributed by atoms with Crippen LogP contribution in [0.25, 0.3) is 0 Å². The Bertz CT molecular complexity index is 764. The number of anilines is 1. The first-order valence-electron chi connectivity index (χ1n) is 10.3. The number of hydrogen-bond acceptors (Lipinski definition) is 6. The minimum atomic E-state index is -0.986. The summed E-state index contributed by atoms with van der Waals surface area (Å²) in [6.07, 6.45) is 1.38. The molecule has 172 valence electrons. The van der Waals surface area contributed by atoms with E-state index in [9.17, 15) is 14.4 Å². The maximum Gasteiger partial charge on any atom is 0.246 e. The number of rotatable bonds is 10. The van der Waals surface area contributed by atoms with Gasteiger partial charge in [0.25, 0.3) is 0 Å². The fourth-order valence-electron chi connectivity index (χ4n) is 3.74. The minimum absolute atomic E-state index is 0.00726. The van der Waals surface area contributed by atoms with E-state index >= 15 is 0 Å². The second-order valence-electron chi connectivity index (χ2n) is 7.97. The molecule has 3 amide bonds. The van der Waals surface area contributed by atoms with Crippen molar-refractivity contribution in [2.75, 3.05) is 58.8 Å². The number of nitrogens with one attached hydrogen (secondary N) is 2. The zero-order chi connectivity index (χ0) is 23.0. The first-order chi connectivity index (χ1) is 14.7.